The molecule has 0 amide bonds. The Kier molecular flexibility index (Phi) is 4.46. The SMILES string of the molecule is CC(N(C)S(=O)(=O)c1[nH]ncc1CNC1CC1)C(C)(C)C. The molecule has 0 bridgehead atoms. The maximum atomic E-state index is 12.8. The van der Waals surface area contributed by atoms with Crippen LogP contribution in [0, 0.1) is 5.41 Å². The zero-order chi connectivity index (χ0) is 15.8. The number of aromatic nitrogens is 2. The molecule has 0 aromatic carbocycles. The number of H-pyrrole nitrogens is 1. The molecule has 1 aromatic rings. The molecular weight excluding hydrogens is 288 g/mol. The first kappa shape index (κ1) is 16.5. The van der Waals surface area contributed by atoms with Crippen LogP contribution in [0.25, 0.3) is 0 Å². The molecule has 1 aliphatic carbocycles. The minimum absolute atomic E-state index is 0.116. The van der Waals surface area contributed by atoms with Crippen molar-refractivity contribution in [3.63, 3.8) is 0 Å². The van der Waals surface area contributed by atoms with Gasteiger partial charge < -0.3 is 5.32 Å². The summed E-state index contributed by atoms with van der Waals surface area (Å²) in [4.78, 5) is 0. The van der Waals surface area contributed by atoms with Crippen LogP contribution in [0.4, 0.5) is 0 Å². The molecule has 7 heteroatoms. The molecule has 120 valence electrons. The smallest absolute Gasteiger partial charge is 0.260 e. The van der Waals surface area contributed by atoms with Gasteiger partial charge in [0.15, 0.2) is 5.03 Å². The average molecular weight is 314 g/mol. The van der Waals surface area contributed by atoms with E-state index in [1.165, 1.54) is 17.1 Å². The third-order valence-corrected chi connectivity index (χ3v) is 6.22. The molecule has 0 spiro atoms. The Hall–Kier alpha value is -0.920. The standard InChI is InChI=1S/C14H26N4O2S/c1-10(14(2,3)4)18(5)21(19,20)13-11(9-16-17-13)8-15-12-6-7-12/h9-10,12,15H,6-8H2,1-5H3,(H,16,17). The van der Waals surface area contributed by atoms with Gasteiger partial charge in [-0.25, -0.2) is 8.42 Å². The predicted molar refractivity (Wildman–Crippen MR) is 82.3 cm³/mol. The van der Waals surface area contributed by atoms with Crippen molar-refractivity contribution in [1.82, 2.24) is 19.8 Å². The molecule has 0 saturated heterocycles. The van der Waals surface area contributed by atoms with Crippen LogP contribution in [0.5, 0.6) is 0 Å². The van der Waals surface area contributed by atoms with Crippen molar-refractivity contribution in [2.45, 2.75) is 64.2 Å². The highest BCUT2D eigenvalue weighted by molar-refractivity contribution is 7.89. The van der Waals surface area contributed by atoms with Crippen molar-refractivity contribution in [1.29, 1.82) is 0 Å². The molecule has 1 fully saturated rings. The lowest BCUT2D eigenvalue weighted by Gasteiger charge is -2.34. The van der Waals surface area contributed by atoms with E-state index in [0.29, 0.717) is 18.2 Å². The van der Waals surface area contributed by atoms with E-state index in [1.807, 2.05) is 27.7 Å². The van der Waals surface area contributed by atoms with Crippen LogP contribution < -0.4 is 5.32 Å². The molecule has 0 radical (unpaired) electrons. The van der Waals surface area contributed by atoms with Crippen LogP contribution in [-0.2, 0) is 16.6 Å². The van der Waals surface area contributed by atoms with Gasteiger partial charge in [0.2, 0.25) is 0 Å². The fourth-order valence-electron chi connectivity index (χ4n) is 2.09. The van der Waals surface area contributed by atoms with Gasteiger partial charge in [0.1, 0.15) is 0 Å². The zero-order valence-corrected chi connectivity index (χ0v) is 14.3. The normalized spacial score (nSPS) is 18.2. The Bertz CT molecular complexity index is 584. The zero-order valence-electron chi connectivity index (χ0n) is 13.5. The number of sulfonamides is 1. The number of hydrogen-bond acceptors (Lipinski definition) is 4. The molecule has 1 atom stereocenters. The predicted octanol–water partition coefficient (Wildman–Crippen LogP) is 1.72. The molecule has 1 heterocycles. The first-order valence-corrected chi connectivity index (χ1v) is 8.81. The van der Waals surface area contributed by atoms with Gasteiger partial charge in [0, 0.05) is 31.2 Å². The largest absolute Gasteiger partial charge is 0.310 e. The Balaban J connectivity index is 2.20. The maximum absolute atomic E-state index is 12.8. The van der Waals surface area contributed by atoms with Crippen molar-refractivity contribution in [3.05, 3.63) is 11.8 Å². The van der Waals surface area contributed by atoms with E-state index in [0.717, 1.165) is 0 Å². The fraction of sp³-hybridized carbons (Fsp3) is 0.786. The van der Waals surface area contributed by atoms with E-state index >= 15 is 0 Å². The van der Waals surface area contributed by atoms with E-state index in [4.69, 9.17) is 0 Å². The number of nitrogens with one attached hydrogen (secondary N) is 2. The number of hydrogen-bond donors (Lipinski definition) is 2. The topological polar surface area (TPSA) is 78.1 Å². The lowest BCUT2D eigenvalue weighted by Crippen LogP contribution is -2.43. The second-order valence-electron chi connectivity index (χ2n) is 6.94. The van der Waals surface area contributed by atoms with Gasteiger partial charge in [-0.15, -0.1) is 0 Å². The van der Waals surface area contributed by atoms with Crippen LogP contribution in [0.3, 0.4) is 0 Å². The van der Waals surface area contributed by atoms with E-state index in [-0.39, 0.29) is 16.5 Å². The van der Waals surface area contributed by atoms with Crippen molar-refractivity contribution < 1.29 is 8.42 Å². The number of aromatic amines is 1. The summed E-state index contributed by atoms with van der Waals surface area (Å²) in [6.45, 7) is 8.56. The molecule has 1 unspecified atom stereocenters. The summed E-state index contributed by atoms with van der Waals surface area (Å²) in [6.07, 6.45) is 3.93. The number of rotatable bonds is 6. The van der Waals surface area contributed by atoms with Gasteiger partial charge >= 0.3 is 0 Å². The highest BCUT2D eigenvalue weighted by Crippen LogP contribution is 2.28. The van der Waals surface area contributed by atoms with Crippen LogP contribution in [0.2, 0.25) is 0 Å². The Morgan fingerprint density at radius 1 is 1.48 bits per heavy atom. The van der Waals surface area contributed by atoms with Crippen LogP contribution in [-0.4, -0.2) is 42.1 Å². The Labute approximate surface area is 127 Å². The summed E-state index contributed by atoms with van der Waals surface area (Å²) < 4.78 is 27.0. The van der Waals surface area contributed by atoms with Crippen molar-refractivity contribution in [2.75, 3.05) is 7.05 Å². The summed E-state index contributed by atoms with van der Waals surface area (Å²) >= 11 is 0. The summed E-state index contributed by atoms with van der Waals surface area (Å²) in [5, 5.41) is 10.1. The Morgan fingerprint density at radius 3 is 2.62 bits per heavy atom. The Morgan fingerprint density at radius 2 is 2.10 bits per heavy atom. The van der Waals surface area contributed by atoms with Crippen molar-refractivity contribution in [3.8, 4) is 0 Å². The highest BCUT2D eigenvalue weighted by atomic mass is 32.2. The van der Waals surface area contributed by atoms with E-state index in [9.17, 15) is 8.42 Å². The monoisotopic (exact) mass is 314 g/mol. The molecule has 6 nitrogen and oxygen atoms in total. The third-order valence-electron chi connectivity index (χ3n) is 4.27. The van der Waals surface area contributed by atoms with Gasteiger partial charge in [0.25, 0.3) is 10.0 Å². The van der Waals surface area contributed by atoms with Gasteiger partial charge in [-0.1, -0.05) is 20.8 Å². The van der Waals surface area contributed by atoms with Crippen LogP contribution in [0.1, 0.15) is 46.1 Å². The summed E-state index contributed by atoms with van der Waals surface area (Å²) in [7, 11) is -1.93. The number of nitrogens with zero attached hydrogens (tertiary/aromatic N) is 2. The second kappa shape index (κ2) is 5.70. The molecule has 1 saturated carbocycles. The van der Waals surface area contributed by atoms with E-state index < -0.39 is 10.0 Å². The van der Waals surface area contributed by atoms with Gasteiger partial charge in [0.05, 0.1) is 6.20 Å². The molecule has 2 N–H and O–H groups in total. The minimum Gasteiger partial charge on any atom is -0.310 e. The van der Waals surface area contributed by atoms with Crippen molar-refractivity contribution in [2.24, 2.45) is 5.41 Å². The molecule has 1 aromatic heterocycles. The van der Waals surface area contributed by atoms with E-state index in [2.05, 4.69) is 15.5 Å². The van der Waals surface area contributed by atoms with Crippen LogP contribution >= 0.6 is 0 Å². The quantitative estimate of drug-likeness (QED) is 0.838. The molecule has 2 rings (SSSR count). The van der Waals surface area contributed by atoms with Crippen molar-refractivity contribution >= 4 is 10.0 Å². The summed E-state index contributed by atoms with van der Waals surface area (Å²) in [6, 6.07) is 0.414. The lowest BCUT2D eigenvalue weighted by atomic mass is 9.88. The fourth-order valence-corrected chi connectivity index (χ4v) is 3.73. The first-order valence-electron chi connectivity index (χ1n) is 7.37. The molecule has 0 aliphatic heterocycles. The summed E-state index contributed by atoms with van der Waals surface area (Å²) in [5.74, 6) is 0. The first-order chi connectivity index (χ1) is 9.64. The molecular formula is C14H26N4O2S. The van der Waals surface area contributed by atoms with Gasteiger partial charge in [-0.3, -0.25) is 5.10 Å². The lowest BCUT2D eigenvalue weighted by molar-refractivity contribution is 0.216. The highest BCUT2D eigenvalue weighted by Gasteiger charge is 2.34. The van der Waals surface area contributed by atoms with E-state index in [1.54, 1.807) is 13.2 Å². The molecule has 1 aliphatic rings. The average Bonchev–Trinajstić information content (AvgIpc) is 3.09. The maximum Gasteiger partial charge on any atom is 0.260 e. The van der Waals surface area contributed by atoms with Crippen LogP contribution in [0.15, 0.2) is 11.2 Å². The summed E-state index contributed by atoms with van der Waals surface area (Å²) in [5.41, 5.74) is 0.573. The minimum atomic E-state index is -3.56. The van der Waals surface area contributed by atoms with Gasteiger partial charge in [-0.2, -0.15) is 9.40 Å². The molecule has 21 heavy (non-hydrogen) atoms. The third kappa shape index (κ3) is 3.64. The second-order valence-corrected chi connectivity index (χ2v) is 8.88. The van der Waals surface area contributed by atoms with Gasteiger partial charge in [-0.05, 0) is 25.2 Å².